The molecule has 4 bridgehead atoms. The van der Waals surface area contributed by atoms with Crippen molar-refractivity contribution in [3.63, 3.8) is 0 Å². The van der Waals surface area contributed by atoms with Crippen molar-refractivity contribution in [2.75, 3.05) is 7.11 Å². The summed E-state index contributed by atoms with van der Waals surface area (Å²) < 4.78 is 4.74. The summed E-state index contributed by atoms with van der Waals surface area (Å²) in [6, 6.07) is 11.9. The minimum atomic E-state index is -0.414. The molecule has 0 aromatic heterocycles. The van der Waals surface area contributed by atoms with E-state index in [1.807, 2.05) is 6.07 Å². The molecule has 150 valence electrons. The van der Waals surface area contributed by atoms with Gasteiger partial charge in [0.25, 0.3) is 0 Å². The van der Waals surface area contributed by atoms with E-state index in [9.17, 15) is 14.7 Å². The lowest BCUT2D eigenvalue weighted by atomic mass is 9.47. The monoisotopic (exact) mass is 390 g/mol. The molecule has 0 spiro atoms. The van der Waals surface area contributed by atoms with Gasteiger partial charge in [-0.15, -0.1) is 0 Å². The van der Waals surface area contributed by atoms with Crippen LogP contribution >= 0.6 is 0 Å². The Morgan fingerprint density at radius 2 is 1.45 bits per heavy atom. The van der Waals surface area contributed by atoms with Crippen molar-refractivity contribution in [2.24, 2.45) is 17.8 Å². The first-order valence-corrected chi connectivity index (χ1v) is 10.5. The second-order valence-electron chi connectivity index (χ2n) is 9.33. The SMILES string of the molecule is COC(=O)c1ccc(C(=O)c2ccc(O)cc2C23CC4CC(CC(C4)C2)C3)cc1. The average molecular weight is 390 g/mol. The van der Waals surface area contributed by atoms with Crippen LogP contribution in [0.25, 0.3) is 0 Å². The molecule has 0 amide bonds. The van der Waals surface area contributed by atoms with Crippen LogP contribution in [0.1, 0.15) is 70.4 Å². The number of rotatable bonds is 4. The third-order valence-corrected chi connectivity index (χ3v) is 7.43. The smallest absolute Gasteiger partial charge is 0.337 e. The van der Waals surface area contributed by atoms with Crippen molar-refractivity contribution < 1.29 is 19.4 Å². The highest BCUT2D eigenvalue weighted by molar-refractivity contribution is 6.10. The van der Waals surface area contributed by atoms with Gasteiger partial charge in [0.2, 0.25) is 0 Å². The van der Waals surface area contributed by atoms with Gasteiger partial charge < -0.3 is 9.84 Å². The second-order valence-corrected chi connectivity index (χ2v) is 9.33. The van der Waals surface area contributed by atoms with Gasteiger partial charge in [-0.2, -0.15) is 0 Å². The molecule has 0 radical (unpaired) electrons. The number of carbonyl (C=O) groups excluding carboxylic acids is 2. The van der Waals surface area contributed by atoms with Gasteiger partial charge >= 0.3 is 5.97 Å². The molecular formula is C25H26O4. The first kappa shape index (κ1) is 18.4. The number of benzene rings is 2. The normalized spacial score (nSPS) is 29.6. The van der Waals surface area contributed by atoms with Gasteiger partial charge in [-0.1, -0.05) is 12.1 Å². The molecule has 4 aliphatic carbocycles. The van der Waals surface area contributed by atoms with Crippen LogP contribution in [0.5, 0.6) is 5.75 Å². The minimum absolute atomic E-state index is 0.0183. The largest absolute Gasteiger partial charge is 0.508 e. The standard InChI is InChI=1S/C25H26O4/c1-29-24(28)19-4-2-18(3-5-19)23(27)21-7-6-20(26)11-22(21)25-12-15-8-16(13-25)10-17(9-15)14-25/h2-7,11,15-17,26H,8-10,12-14H2,1H3. The Balaban J connectivity index is 1.53. The van der Waals surface area contributed by atoms with Gasteiger partial charge in [-0.3, -0.25) is 4.79 Å². The molecule has 2 aromatic rings. The predicted octanol–water partition coefficient (Wildman–Crippen LogP) is 4.88. The Kier molecular flexibility index (Phi) is 4.27. The summed E-state index contributed by atoms with van der Waals surface area (Å²) in [7, 11) is 1.34. The second kappa shape index (κ2) is 6.72. The number of ether oxygens (including phenoxy) is 1. The molecular weight excluding hydrogens is 364 g/mol. The molecule has 4 nitrogen and oxygen atoms in total. The van der Waals surface area contributed by atoms with E-state index >= 15 is 0 Å². The Labute approximate surface area is 170 Å². The molecule has 4 heteroatoms. The Hall–Kier alpha value is -2.62. The van der Waals surface area contributed by atoms with Crippen molar-refractivity contribution in [2.45, 2.75) is 43.9 Å². The van der Waals surface area contributed by atoms with Crippen LogP contribution < -0.4 is 0 Å². The Bertz CT molecular complexity index is 938. The van der Waals surface area contributed by atoms with Crippen molar-refractivity contribution in [1.82, 2.24) is 0 Å². The van der Waals surface area contributed by atoms with Crippen LogP contribution in [-0.2, 0) is 10.2 Å². The summed E-state index contributed by atoms with van der Waals surface area (Å²) in [6.45, 7) is 0. The highest BCUT2D eigenvalue weighted by Crippen LogP contribution is 2.61. The zero-order chi connectivity index (χ0) is 20.2. The van der Waals surface area contributed by atoms with Crippen LogP contribution in [0, 0.1) is 17.8 Å². The Morgan fingerprint density at radius 1 is 0.897 bits per heavy atom. The molecule has 2 aromatic carbocycles. The van der Waals surface area contributed by atoms with Crippen molar-refractivity contribution in [1.29, 1.82) is 0 Å². The maximum atomic E-state index is 13.4. The minimum Gasteiger partial charge on any atom is -0.508 e. The number of hydrogen-bond acceptors (Lipinski definition) is 4. The van der Waals surface area contributed by atoms with E-state index in [-0.39, 0.29) is 16.9 Å². The van der Waals surface area contributed by atoms with E-state index in [2.05, 4.69) is 0 Å². The molecule has 4 saturated carbocycles. The predicted molar refractivity (Wildman–Crippen MR) is 109 cm³/mol. The number of ketones is 1. The van der Waals surface area contributed by atoms with Gasteiger partial charge in [0.05, 0.1) is 12.7 Å². The molecule has 0 heterocycles. The number of esters is 1. The van der Waals surface area contributed by atoms with E-state index in [4.69, 9.17) is 4.74 Å². The molecule has 0 unspecified atom stereocenters. The first-order valence-electron chi connectivity index (χ1n) is 10.5. The summed E-state index contributed by atoms with van der Waals surface area (Å²) in [4.78, 5) is 25.1. The maximum absolute atomic E-state index is 13.4. The fraction of sp³-hybridized carbons (Fsp3) is 0.440. The van der Waals surface area contributed by atoms with Crippen LogP contribution in [0.2, 0.25) is 0 Å². The summed E-state index contributed by atoms with van der Waals surface area (Å²) in [5.41, 5.74) is 2.71. The summed E-state index contributed by atoms with van der Waals surface area (Å²) in [5, 5.41) is 10.3. The van der Waals surface area contributed by atoms with Gasteiger partial charge in [0, 0.05) is 11.1 Å². The molecule has 0 saturated heterocycles. The van der Waals surface area contributed by atoms with Crippen molar-refractivity contribution in [3.8, 4) is 5.75 Å². The highest BCUT2D eigenvalue weighted by atomic mass is 16.5. The fourth-order valence-electron chi connectivity index (χ4n) is 6.64. The number of phenols is 1. The van der Waals surface area contributed by atoms with E-state index in [1.54, 1.807) is 36.4 Å². The number of phenolic OH excluding ortho intramolecular Hbond substituents is 1. The van der Waals surface area contributed by atoms with Crippen LogP contribution in [-0.4, -0.2) is 24.0 Å². The zero-order valence-electron chi connectivity index (χ0n) is 16.7. The topological polar surface area (TPSA) is 63.6 Å². The third-order valence-electron chi connectivity index (χ3n) is 7.43. The van der Waals surface area contributed by atoms with Crippen LogP contribution in [0.3, 0.4) is 0 Å². The maximum Gasteiger partial charge on any atom is 0.337 e. The molecule has 4 fully saturated rings. The fourth-order valence-corrected chi connectivity index (χ4v) is 6.64. The van der Waals surface area contributed by atoms with E-state index in [0.717, 1.165) is 42.6 Å². The Morgan fingerprint density at radius 3 is 2.00 bits per heavy atom. The number of carbonyl (C=O) groups is 2. The molecule has 4 aliphatic rings. The highest BCUT2D eigenvalue weighted by Gasteiger charge is 2.52. The molecule has 0 aliphatic heterocycles. The lowest BCUT2D eigenvalue weighted by Gasteiger charge is -2.57. The lowest BCUT2D eigenvalue weighted by molar-refractivity contribution is -0.00557. The van der Waals surface area contributed by atoms with Gasteiger partial charge in [-0.05, 0) is 97.6 Å². The van der Waals surface area contributed by atoms with E-state index in [1.165, 1.54) is 26.4 Å². The zero-order valence-corrected chi connectivity index (χ0v) is 16.7. The average Bonchev–Trinajstić information content (AvgIpc) is 2.72. The quantitative estimate of drug-likeness (QED) is 0.597. The molecule has 1 N–H and O–H groups in total. The molecule has 6 rings (SSSR count). The van der Waals surface area contributed by atoms with E-state index < -0.39 is 5.97 Å². The molecule has 0 atom stereocenters. The van der Waals surface area contributed by atoms with E-state index in [0.29, 0.717) is 16.7 Å². The van der Waals surface area contributed by atoms with Gasteiger partial charge in [0.15, 0.2) is 5.78 Å². The third kappa shape index (κ3) is 3.06. The number of methoxy groups -OCH3 is 1. The summed E-state index contributed by atoms with van der Waals surface area (Å²) in [6.07, 6.45) is 7.38. The number of aromatic hydroxyl groups is 1. The number of hydrogen-bond donors (Lipinski definition) is 1. The van der Waals surface area contributed by atoms with Crippen LogP contribution in [0.4, 0.5) is 0 Å². The molecule has 29 heavy (non-hydrogen) atoms. The van der Waals surface area contributed by atoms with Crippen molar-refractivity contribution >= 4 is 11.8 Å². The van der Waals surface area contributed by atoms with Crippen molar-refractivity contribution in [3.05, 3.63) is 64.7 Å². The first-order chi connectivity index (χ1) is 14.0. The lowest BCUT2D eigenvalue weighted by Crippen LogP contribution is -2.49. The summed E-state index contributed by atoms with van der Waals surface area (Å²) >= 11 is 0. The summed E-state index contributed by atoms with van der Waals surface area (Å²) in [5.74, 6) is 2.03. The van der Waals surface area contributed by atoms with Crippen LogP contribution in [0.15, 0.2) is 42.5 Å². The van der Waals surface area contributed by atoms with Gasteiger partial charge in [0.1, 0.15) is 5.75 Å². The van der Waals surface area contributed by atoms with Gasteiger partial charge in [-0.25, -0.2) is 4.79 Å².